The summed E-state index contributed by atoms with van der Waals surface area (Å²) >= 11 is 35.8. The van der Waals surface area contributed by atoms with Crippen LogP contribution in [0, 0.1) is 0 Å². The lowest BCUT2D eigenvalue weighted by atomic mass is 10.0. The molecule has 0 radical (unpaired) electrons. The Bertz CT molecular complexity index is 1090. The van der Waals surface area contributed by atoms with E-state index in [2.05, 4.69) is 16.0 Å². The van der Waals surface area contributed by atoms with Crippen LogP contribution in [0.2, 0.25) is 10.0 Å². The molecule has 4 nitrogen and oxygen atoms in total. The number of thiocarbonyl (C=S) groups is 1. The van der Waals surface area contributed by atoms with Gasteiger partial charge in [-0.05, 0) is 40.7 Å². The first-order valence-electron chi connectivity index (χ1n) is 8.99. The number of amides is 1. The Morgan fingerprint density at radius 1 is 0.903 bits per heavy atom. The number of carbonyl (C=O) groups excluding carboxylic acids is 1. The number of alkyl halides is 3. The molecule has 0 aromatic heterocycles. The molecule has 162 valence electrons. The van der Waals surface area contributed by atoms with Crippen molar-refractivity contribution in [3.63, 3.8) is 0 Å². The largest absolute Gasteiger partial charge is 0.339 e. The van der Waals surface area contributed by atoms with Gasteiger partial charge in [0.25, 0.3) is 0 Å². The molecule has 3 aromatic rings. The van der Waals surface area contributed by atoms with Gasteiger partial charge in [0.15, 0.2) is 5.11 Å². The Morgan fingerprint density at radius 2 is 1.52 bits per heavy atom. The van der Waals surface area contributed by atoms with Crippen molar-refractivity contribution in [2.24, 2.45) is 0 Å². The third kappa shape index (κ3) is 6.51. The number of halogens is 5. The van der Waals surface area contributed by atoms with E-state index in [0.29, 0.717) is 15.7 Å². The highest BCUT2D eigenvalue weighted by Crippen LogP contribution is 2.31. The van der Waals surface area contributed by atoms with Gasteiger partial charge in [-0.3, -0.25) is 4.79 Å². The van der Waals surface area contributed by atoms with Crippen molar-refractivity contribution >= 4 is 97.7 Å². The molecule has 1 amide bonds. The second-order valence-electron chi connectivity index (χ2n) is 6.55. The number of rotatable bonds is 5. The quantitative estimate of drug-likeness (QED) is 0.199. The van der Waals surface area contributed by atoms with E-state index in [1.54, 1.807) is 18.2 Å². The van der Waals surface area contributed by atoms with Gasteiger partial charge in [0.2, 0.25) is 9.70 Å². The zero-order valence-corrected chi connectivity index (χ0v) is 20.4. The number of anilines is 1. The number of nitrogens with one attached hydrogen (secondary N) is 3. The first-order valence-corrected chi connectivity index (χ1v) is 11.3. The molecule has 31 heavy (non-hydrogen) atoms. The Balaban J connectivity index is 1.71. The first-order chi connectivity index (χ1) is 14.6. The van der Waals surface area contributed by atoms with Crippen molar-refractivity contribution in [3.05, 3.63) is 76.3 Å². The minimum absolute atomic E-state index is 0.0665. The van der Waals surface area contributed by atoms with Gasteiger partial charge in [-0.15, -0.1) is 0 Å². The topological polar surface area (TPSA) is 53.2 Å². The van der Waals surface area contributed by atoms with Gasteiger partial charge >= 0.3 is 0 Å². The van der Waals surface area contributed by atoms with Gasteiger partial charge in [-0.2, -0.15) is 0 Å². The van der Waals surface area contributed by atoms with E-state index in [4.69, 9.17) is 70.2 Å². The maximum Gasteiger partial charge on any atom is 0.228 e. The maximum atomic E-state index is 12.7. The van der Waals surface area contributed by atoms with E-state index in [9.17, 15) is 4.79 Å². The molecule has 0 unspecified atom stereocenters. The van der Waals surface area contributed by atoms with Crippen LogP contribution in [0.15, 0.2) is 60.7 Å². The van der Waals surface area contributed by atoms with Crippen LogP contribution < -0.4 is 16.0 Å². The molecule has 0 saturated carbocycles. The number of carbonyl (C=O) groups is 1. The second kappa shape index (κ2) is 10.4. The van der Waals surface area contributed by atoms with E-state index in [0.717, 1.165) is 16.3 Å². The number of para-hydroxylation sites is 1. The first kappa shape index (κ1) is 24.2. The molecular weight excluding hydrogens is 520 g/mol. The molecule has 0 saturated heterocycles. The van der Waals surface area contributed by atoms with Gasteiger partial charge in [0.1, 0.15) is 6.17 Å². The SMILES string of the molecule is O=C(Cc1cccc2ccccc12)N[C@H](NC(=S)Nc1c(Cl)cccc1Cl)C(Cl)(Cl)Cl. The zero-order valence-electron chi connectivity index (χ0n) is 15.8. The fourth-order valence-corrected chi connectivity index (χ4v) is 3.97. The summed E-state index contributed by atoms with van der Waals surface area (Å²) in [6.45, 7) is 0. The molecule has 0 spiro atoms. The van der Waals surface area contributed by atoms with E-state index in [-0.39, 0.29) is 17.4 Å². The van der Waals surface area contributed by atoms with Crippen LogP contribution in [-0.2, 0) is 11.2 Å². The Hall–Kier alpha value is -1.47. The third-order valence-electron chi connectivity index (χ3n) is 4.34. The highest BCUT2D eigenvalue weighted by atomic mass is 35.6. The summed E-state index contributed by atoms with van der Waals surface area (Å²) in [5, 5.41) is 11.1. The predicted octanol–water partition coefficient (Wildman–Crippen LogP) is 6.49. The Kier molecular flexibility index (Phi) is 8.14. The predicted molar refractivity (Wildman–Crippen MR) is 136 cm³/mol. The molecule has 3 rings (SSSR count). The fourth-order valence-electron chi connectivity index (χ4n) is 2.93. The average Bonchev–Trinajstić information content (AvgIpc) is 2.70. The molecule has 3 aromatic carbocycles. The summed E-state index contributed by atoms with van der Waals surface area (Å²) in [6, 6.07) is 18.5. The van der Waals surface area contributed by atoms with Crippen LogP contribution in [0.3, 0.4) is 0 Å². The lowest BCUT2D eigenvalue weighted by molar-refractivity contribution is -0.121. The normalized spacial score (nSPS) is 12.3. The number of hydrogen-bond acceptors (Lipinski definition) is 2. The number of hydrogen-bond donors (Lipinski definition) is 3. The van der Waals surface area contributed by atoms with Gasteiger partial charge in [0.05, 0.1) is 22.2 Å². The summed E-state index contributed by atoms with van der Waals surface area (Å²) < 4.78 is -1.88. The number of benzene rings is 3. The molecule has 0 bridgehead atoms. The van der Waals surface area contributed by atoms with E-state index >= 15 is 0 Å². The van der Waals surface area contributed by atoms with Crippen LogP contribution >= 0.6 is 70.2 Å². The minimum Gasteiger partial charge on any atom is -0.339 e. The lowest BCUT2D eigenvalue weighted by Gasteiger charge is -2.28. The van der Waals surface area contributed by atoms with Crippen LogP contribution in [0.1, 0.15) is 5.56 Å². The molecule has 0 aliphatic heterocycles. The molecule has 3 N–H and O–H groups in total. The second-order valence-corrected chi connectivity index (χ2v) is 10.1. The standard InChI is InChI=1S/C21H16Cl5N3OS/c22-15-9-4-10-16(23)18(15)28-20(31)29-19(21(24,25)26)27-17(30)11-13-7-3-6-12-5-1-2-8-14(12)13/h1-10,19H,11H2,(H,27,30)(H2,28,29,31)/t19-/m1/s1. The minimum atomic E-state index is -1.88. The van der Waals surface area contributed by atoms with E-state index in [1.807, 2.05) is 42.5 Å². The summed E-state index contributed by atoms with van der Waals surface area (Å²) in [4.78, 5) is 12.7. The maximum absolute atomic E-state index is 12.7. The van der Waals surface area contributed by atoms with Crippen molar-refractivity contribution in [1.82, 2.24) is 10.6 Å². The van der Waals surface area contributed by atoms with Gasteiger partial charge in [-0.1, -0.05) is 107 Å². The van der Waals surface area contributed by atoms with Crippen LogP contribution in [-0.4, -0.2) is 21.0 Å². The molecule has 1 atom stereocenters. The van der Waals surface area contributed by atoms with Crippen molar-refractivity contribution in [3.8, 4) is 0 Å². The Morgan fingerprint density at radius 3 is 2.19 bits per heavy atom. The molecular formula is C21H16Cl5N3OS. The summed E-state index contributed by atoms with van der Waals surface area (Å²) in [5.74, 6) is -0.348. The summed E-state index contributed by atoms with van der Waals surface area (Å²) in [7, 11) is 0. The molecule has 0 aliphatic carbocycles. The van der Waals surface area contributed by atoms with Crippen molar-refractivity contribution in [2.75, 3.05) is 5.32 Å². The third-order valence-corrected chi connectivity index (χ3v) is 5.84. The lowest BCUT2D eigenvalue weighted by Crippen LogP contribution is -2.56. The smallest absolute Gasteiger partial charge is 0.228 e. The van der Waals surface area contributed by atoms with E-state index < -0.39 is 9.96 Å². The van der Waals surface area contributed by atoms with Crippen molar-refractivity contribution in [1.29, 1.82) is 0 Å². The zero-order chi connectivity index (χ0) is 22.6. The van der Waals surface area contributed by atoms with Crippen LogP contribution in [0.25, 0.3) is 10.8 Å². The average molecular weight is 536 g/mol. The van der Waals surface area contributed by atoms with Crippen molar-refractivity contribution < 1.29 is 4.79 Å². The van der Waals surface area contributed by atoms with Gasteiger partial charge < -0.3 is 16.0 Å². The number of fused-ring (bicyclic) bond motifs is 1. The Labute approximate surface area is 210 Å². The van der Waals surface area contributed by atoms with Crippen molar-refractivity contribution in [2.45, 2.75) is 16.4 Å². The monoisotopic (exact) mass is 533 g/mol. The molecule has 0 fully saturated rings. The highest BCUT2D eigenvalue weighted by Gasteiger charge is 2.34. The van der Waals surface area contributed by atoms with Crippen LogP contribution in [0.4, 0.5) is 5.69 Å². The summed E-state index contributed by atoms with van der Waals surface area (Å²) in [5.41, 5.74) is 1.25. The van der Waals surface area contributed by atoms with Crippen LogP contribution in [0.5, 0.6) is 0 Å². The fraction of sp³-hybridized carbons (Fsp3) is 0.143. The van der Waals surface area contributed by atoms with E-state index in [1.165, 1.54) is 0 Å². The molecule has 10 heteroatoms. The van der Waals surface area contributed by atoms with Gasteiger partial charge in [-0.25, -0.2) is 0 Å². The molecule has 0 heterocycles. The molecule has 0 aliphatic rings. The van der Waals surface area contributed by atoms with Gasteiger partial charge in [0, 0.05) is 0 Å². The highest BCUT2D eigenvalue weighted by molar-refractivity contribution is 7.80. The summed E-state index contributed by atoms with van der Waals surface area (Å²) in [6.07, 6.45) is -1.02.